The van der Waals surface area contributed by atoms with Crippen LogP contribution in [-0.4, -0.2) is 24.4 Å². The SMILES string of the molecule is NC(=O)OCCNCc1cc(O)cc(F)c1. The highest BCUT2D eigenvalue weighted by Crippen LogP contribution is 2.14. The first-order chi connectivity index (χ1) is 7.58. The topological polar surface area (TPSA) is 84.6 Å². The summed E-state index contributed by atoms with van der Waals surface area (Å²) >= 11 is 0. The van der Waals surface area contributed by atoms with E-state index in [1.54, 1.807) is 0 Å². The second-order valence-electron chi connectivity index (χ2n) is 3.16. The van der Waals surface area contributed by atoms with Crippen LogP contribution in [0.25, 0.3) is 0 Å². The summed E-state index contributed by atoms with van der Waals surface area (Å²) in [6, 6.07) is 3.78. The van der Waals surface area contributed by atoms with E-state index in [9.17, 15) is 9.18 Å². The highest BCUT2D eigenvalue weighted by Gasteiger charge is 1.99. The molecule has 0 fully saturated rings. The van der Waals surface area contributed by atoms with Crippen LogP contribution in [0.2, 0.25) is 0 Å². The molecule has 0 aliphatic rings. The fourth-order valence-corrected chi connectivity index (χ4v) is 1.19. The van der Waals surface area contributed by atoms with Crippen molar-refractivity contribution >= 4 is 6.09 Å². The number of nitrogens with one attached hydrogen (secondary N) is 1. The Balaban J connectivity index is 2.29. The van der Waals surface area contributed by atoms with Crippen molar-refractivity contribution in [2.75, 3.05) is 13.2 Å². The lowest BCUT2D eigenvalue weighted by molar-refractivity contribution is 0.157. The fraction of sp³-hybridized carbons (Fsp3) is 0.300. The molecule has 0 saturated carbocycles. The Morgan fingerprint density at radius 3 is 2.88 bits per heavy atom. The third kappa shape index (κ3) is 4.61. The van der Waals surface area contributed by atoms with E-state index in [4.69, 9.17) is 10.8 Å². The molecule has 0 atom stereocenters. The molecule has 0 aliphatic carbocycles. The molecule has 1 rings (SSSR count). The zero-order valence-corrected chi connectivity index (χ0v) is 8.57. The highest BCUT2D eigenvalue weighted by molar-refractivity contribution is 5.64. The molecular formula is C10H13FN2O3. The molecule has 6 heteroatoms. The molecule has 16 heavy (non-hydrogen) atoms. The van der Waals surface area contributed by atoms with Gasteiger partial charge in [0.25, 0.3) is 0 Å². The highest BCUT2D eigenvalue weighted by atomic mass is 19.1. The number of carbonyl (C=O) groups is 1. The maximum atomic E-state index is 12.8. The van der Waals surface area contributed by atoms with Crippen LogP contribution < -0.4 is 11.1 Å². The first-order valence-electron chi connectivity index (χ1n) is 4.69. The quantitative estimate of drug-likeness (QED) is 0.648. The number of ether oxygens (including phenoxy) is 1. The summed E-state index contributed by atoms with van der Waals surface area (Å²) in [5.41, 5.74) is 5.36. The number of phenolic OH excluding ortho intramolecular Hbond substituents is 1. The number of hydrogen-bond acceptors (Lipinski definition) is 4. The van der Waals surface area contributed by atoms with Crippen LogP contribution in [-0.2, 0) is 11.3 Å². The fourth-order valence-electron chi connectivity index (χ4n) is 1.19. The lowest BCUT2D eigenvalue weighted by Crippen LogP contribution is -2.23. The summed E-state index contributed by atoms with van der Waals surface area (Å²) in [6.07, 6.45) is -0.829. The second-order valence-corrected chi connectivity index (χ2v) is 3.16. The average molecular weight is 228 g/mol. The maximum Gasteiger partial charge on any atom is 0.404 e. The first kappa shape index (κ1) is 12.3. The van der Waals surface area contributed by atoms with Crippen molar-refractivity contribution in [1.82, 2.24) is 5.32 Å². The maximum absolute atomic E-state index is 12.8. The number of aromatic hydroxyl groups is 1. The van der Waals surface area contributed by atoms with Gasteiger partial charge in [-0.25, -0.2) is 9.18 Å². The number of phenols is 1. The Labute approximate surface area is 92.0 Å². The molecule has 1 aromatic rings. The molecule has 0 unspecified atom stereocenters. The van der Waals surface area contributed by atoms with Crippen molar-refractivity contribution in [2.45, 2.75) is 6.54 Å². The molecule has 0 radical (unpaired) electrons. The number of nitrogens with two attached hydrogens (primary N) is 1. The molecular weight excluding hydrogens is 215 g/mol. The number of halogens is 1. The van der Waals surface area contributed by atoms with E-state index in [1.807, 2.05) is 0 Å². The Morgan fingerprint density at radius 1 is 1.50 bits per heavy atom. The van der Waals surface area contributed by atoms with Gasteiger partial charge in [-0.3, -0.25) is 0 Å². The summed E-state index contributed by atoms with van der Waals surface area (Å²) in [7, 11) is 0. The van der Waals surface area contributed by atoms with E-state index >= 15 is 0 Å². The van der Waals surface area contributed by atoms with E-state index in [2.05, 4.69) is 10.1 Å². The van der Waals surface area contributed by atoms with Crippen molar-refractivity contribution in [3.63, 3.8) is 0 Å². The van der Waals surface area contributed by atoms with Gasteiger partial charge < -0.3 is 20.9 Å². The Morgan fingerprint density at radius 2 is 2.25 bits per heavy atom. The van der Waals surface area contributed by atoms with Gasteiger partial charge in [0.15, 0.2) is 0 Å². The molecule has 4 N–H and O–H groups in total. The predicted molar refractivity (Wildman–Crippen MR) is 55.3 cm³/mol. The van der Waals surface area contributed by atoms with Gasteiger partial charge in [-0.05, 0) is 17.7 Å². The smallest absolute Gasteiger partial charge is 0.404 e. The van der Waals surface area contributed by atoms with Crippen molar-refractivity contribution in [3.05, 3.63) is 29.6 Å². The van der Waals surface area contributed by atoms with Crippen LogP contribution in [0.5, 0.6) is 5.75 Å². The van der Waals surface area contributed by atoms with Crippen molar-refractivity contribution < 1.29 is 19.0 Å². The van der Waals surface area contributed by atoms with Gasteiger partial charge >= 0.3 is 6.09 Å². The Hall–Kier alpha value is -1.82. The van der Waals surface area contributed by atoms with Crippen LogP contribution in [0.3, 0.4) is 0 Å². The number of rotatable bonds is 5. The van der Waals surface area contributed by atoms with Gasteiger partial charge in [0.05, 0.1) is 0 Å². The molecule has 0 saturated heterocycles. The lowest BCUT2D eigenvalue weighted by atomic mass is 10.2. The monoisotopic (exact) mass is 228 g/mol. The van der Waals surface area contributed by atoms with E-state index in [-0.39, 0.29) is 12.4 Å². The van der Waals surface area contributed by atoms with Crippen molar-refractivity contribution in [1.29, 1.82) is 0 Å². The molecule has 1 aromatic carbocycles. The minimum absolute atomic E-state index is 0.120. The number of carbonyl (C=O) groups excluding carboxylic acids is 1. The molecule has 0 heterocycles. The van der Waals surface area contributed by atoms with Gasteiger partial charge in [-0.2, -0.15) is 0 Å². The zero-order valence-electron chi connectivity index (χ0n) is 8.57. The third-order valence-corrected chi connectivity index (χ3v) is 1.79. The lowest BCUT2D eigenvalue weighted by Gasteiger charge is -2.05. The van der Waals surface area contributed by atoms with Gasteiger partial charge in [0.2, 0.25) is 0 Å². The number of primary amides is 1. The minimum Gasteiger partial charge on any atom is -0.508 e. The van der Waals surface area contributed by atoms with Crippen LogP contribution in [0.1, 0.15) is 5.56 Å². The molecule has 5 nitrogen and oxygen atoms in total. The minimum atomic E-state index is -0.829. The summed E-state index contributed by atoms with van der Waals surface area (Å²) < 4.78 is 17.3. The first-order valence-corrected chi connectivity index (χ1v) is 4.69. The molecule has 0 aromatic heterocycles. The Bertz CT molecular complexity index is 351. The Kier molecular flexibility index (Phi) is 4.53. The van der Waals surface area contributed by atoms with Crippen LogP contribution in [0.15, 0.2) is 18.2 Å². The largest absolute Gasteiger partial charge is 0.508 e. The average Bonchev–Trinajstić information content (AvgIpc) is 2.15. The second kappa shape index (κ2) is 5.92. The van der Waals surface area contributed by atoms with E-state index in [1.165, 1.54) is 12.1 Å². The standard InChI is InChI=1S/C10H13FN2O3/c11-8-3-7(4-9(14)5-8)6-13-1-2-16-10(12)15/h3-5,13-14H,1-2,6H2,(H2,12,15). The number of hydrogen-bond donors (Lipinski definition) is 3. The normalized spacial score (nSPS) is 10.1. The summed E-state index contributed by atoms with van der Waals surface area (Å²) in [4.78, 5) is 10.2. The molecule has 1 amide bonds. The summed E-state index contributed by atoms with van der Waals surface area (Å²) in [5.74, 6) is -0.615. The number of benzene rings is 1. The predicted octanol–water partition coefficient (Wildman–Crippen LogP) is 0.716. The number of amides is 1. The van der Waals surface area contributed by atoms with E-state index < -0.39 is 11.9 Å². The van der Waals surface area contributed by atoms with E-state index in [0.29, 0.717) is 18.7 Å². The van der Waals surface area contributed by atoms with Crippen molar-refractivity contribution in [3.8, 4) is 5.75 Å². The third-order valence-electron chi connectivity index (χ3n) is 1.79. The van der Waals surface area contributed by atoms with Gasteiger partial charge in [-0.15, -0.1) is 0 Å². The molecule has 0 bridgehead atoms. The van der Waals surface area contributed by atoms with Crippen LogP contribution >= 0.6 is 0 Å². The van der Waals surface area contributed by atoms with Crippen molar-refractivity contribution in [2.24, 2.45) is 5.73 Å². The van der Waals surface area contributed by atoms with Gasteiger partial charge in [0.1, 0.15) is 18.2 Å². The molecule has 0 aliphatic heterocycles. The van der Waals surface area contributed by atoms with Gasteiger partial charge in [0, 0.05) is 19.2 Å². The van der Waals surface area contributed by atoms with Gasteiger partial charge in [-0.1, -0.05) is 0 Å². The van der Waals surface area contributed by atoms with Crippen LogP contribution in [0.4, 0.5) is 9.18 Å². The summed E-state index contributed by atoms with van der Waals surface area (Å²) in [6.45, 7) is 0.921. The molecule has 88 valence electrons. The molecule has 0 spiro atoms. The van der Waals surface area contributed by atoms with E-state index in [0.717, 1.165) is 6.07 Å². The van der Waals surface area contributed by atoms with Crippen LogP contribution in [0, 0.1) is 5.82 Å². The summed E-state index contributed by atoms with van der Waals surface area (Å²) in [5, 5.41) is 12.0. The zero-order chi connectivity index (χ0) is 12.0.